The highest BCUT2D eigenvalue weighted by molar-refractivity contribution is 5.00. The zero-order valence-corrected chi connectivity index (χ0v) is 11.4. The van der Waals surface area contributed by atoms with Gasteiger partial charge in [-0.1, -0.05) is 19.8 Å². The number of likely N-dealkylation sites (tertiary alicyclic amines) is 1. The van der Waals surface area contributed by atoms with Gasteiger partial charge in [0.2, 0.25) is 0 Å². The second-order valence-corrected chi connectivity index (χ2v) is 5.61. The average Bonchev–Trinajstić information content (AvgIpc) is 2.31. The molecule has 0 bridgehead atoms. The number of piperidine rings is 1. The Morgan fingerprint density at radius 3 is 2.88 bits per heavy atom. The molecule has 1 heterocycles. The molecular formula is C14H27N3. The van der Waals surface area contributed by atoms with Crippen molar-refractivity contribution < 1.29 is 0 Å². The van der Waals surface area contributed by atoms with Crippen molar-refractivity contribution in [3.8, 4) is 6.07 Å². The second-order valence-electron chi connectivity index (χ2n) is 5.61. The third-order valence-corrected chi connectivity index (χ3v) is 3.77. The van der Waals surface area contributed by atoms with Crippen LogP contribution < -0.4 is 5.73 Å². The van der Waals surface area contributed by atoms with E-state index in [1.807, 2.05) is 6.92 Å². The number of nitriles is 1. The Hall–Kier alpha value is -0.590. The van der Waals surface area contributed by atoms with Gasteiger partial charge in [0.1, 0.15) is 5.54 Å². The molecule has 2 atom stereocenters. The van der Waals surface area contributed by atoms with E-state index in [0.29, 0.717) is 0 Å². The van der Waals surface area contributed by atoms with Gasteiger partial charge in [0, 0.05) is 6.04 Å². The number of rotatable bonds is 6. The van der Waals surface area contributed by atoms with Crippen LogP contribution in [0.25, 0.3) is 0 Å². The van der Waals surface area contributed by atoms with Crippen molar-refractivity contribution in [1.29, 1.82) is 5.26 Å². The number of hydrogen-bond donors (Lipinski definition) is 1. The van der Waals surface area contributed by atoms with Gasteiger partial charge >= 0.3 is 0 Å². The molecular weight excluding hydrogens is 210 g/mol. The van der Waals surface area contributed by atoms with E-state index in [1.54, 1.807) is 0 Å². The number of nitrogens with two attached hydrogens (primary N) is 1. The Balaban J connectivity index is 2.31. The minimum absolute atomic E-state index is 0.643. The largest absolute Gasteiger partial charge is 0.314 e. The Morgan fingerprint density at radius 2 is 2.24 bits per heavy atom. The molecule has 1 aliphatic heterocycles. The summed E-state index contributed by atoms with van der Waals surface area (Å²) in [4.78, 5) is 2.61. The van der Waals surface area contributed by atoms with Gasteiger partial charge in [-0.3, -0.25) is 0 Å². The van der Waals surface area contributed by atoms with Crippen LogP contribution in [0.5, 0.6) is 0 Å². The Bertz CT molecular complexity index is 253. The first kappa shape index (κ1) is 14.5. The lowest BCUT2D eigenvalue weighted by Crippen LogP contribution is -2.41. The highest BCUT2D eigenvalue weighted by Crippen LogP contribution is 2.21. The molecule has 0 aromatic rings. The van der Waals surface area contributed by atoms with Gasteiger partial charge in [-0.2, -0.15) is 5.26 Å². The first-order chi connectivity index (χ1) is 8.09. The van der Waals surface area contributed by atoms with Crippen LogP contribution in [0.15, 0.2) is 0 Å². The average molecular weight is 237 g/mol. The molecule has 1 saturated heterocycles. The molecule has 2 N–H and O–H groups in total. The van der Waals surface area contributed by atoms with E-state index in [1.165, 1.54) is 38.6 Å². The van der Waals surface area contributed by atoms with Crippen molar-refractivity contribution in [1.82, 2.24) is 4.90 Å². The van der Waals surface area contributed by atoms with E-state index >= 15 is 0 Å². The quantitative estimate of drug-likeness (QED) is 0.772. The Kier molecular flexibility index (Phi) is 5.94. The first-order valence-electron chi connectivity index (χ1n) is 7.03. The van der Waals surface area contributed by atoms with Crippen LogP contribution in [0, 0.1) is 11.3 Å². The standard InChI is InChI=1S/C14H27N3/c1-3-7-13-8-4-5-10-17(13)11-6-9-14(2,16)12-15/h13H,3-11,16H2,1-2H3. The third-order valence-electron chi connectivity index (χ3n) is 3.77. The summed E-state index contributed by atoms with van der Waals surface area (Å²) in [7, 11) is 0. The van der Waals surface area contributed by atoms with Gasteiger partial charge < -0.3 is 10.6 Å². The van der Waals surface area contributed by atoms with Crippen molar-refractivity contribution in [3.05, 3.63) is 0 Å². The predicted molar refractivity (Wildman–Crippen MR) is 71.6 cm³/mol. The van der Waals surface area contributed by atoms with Crippen LogP contribution in [0.1, 0.15) is 58.8 Å². The maximum absolute atomic E-state index is 8.88. The van der Waals surface area contributed by atoms with Gasteiger partial charge in [0.25, 0.3) is 0 Å². The summed E-state index contributed by atoms with van der Waals surface area (Å²) < 4.78 is 0. The molecule has 1 rings (SSSR count). The summed E-state index contributed by atoms with van der Waals surface area (Å²) in [6.07, 6.45) is 8.50. The van der Waals surface area contributed by atoms with Crippen molar-refractivity contribution in [3.63, 3.8) is 0 Å². The van der Waals surface area contributed by atoms with Crippen LogP contribution in [0.3, 0.4) is 0 Å². The Labute approximate surface area is 106 Å². The molecule has 1 aliphatic rings. The fourth-order valence-electron chi connectivity index (χ4n) is 2.72. The second kappa shape index (κ2) is 6.98. The SMILES string of the molecule is CCCC1CCCCN1CCCC(C)(N)C#N. The van der Waals surface area contributed by atoms with E-state index < -0.39 is 5.54 Å². The smallest absolute Gasteiger partial charge is 0.101 e. The van der Waals surface area contributed by atoms with E-state index in [-0.39, 0.29) is 0 Å². The highest BCUT2D eigenvalue weighted by atomic mass is 15.2. The summed E-state index contributed by atoms with van der Waals surface area (Å²) >= 11 is 0. The lowest BCUT2D eigenvalue weighted by molar-refractivity contribution is 0.135. The van der Waals surface area contributed by atoms with Crippen molar-refractivity contribution in [2.24, 2.45) is 5.73 Å². The van der Waals surface area contributed by atoms with Gasteiger partial charge in [-0.15, -0.1) is 0 Å². The van der Waals surface area contributed by atoms with Crippen LogP contribution in [-0.2, 0) is 0 Å². The molecule has 0 amide bonds. The van der Waals surface area contributed by atoms with Crippen LogP contribution >= 0.6 is 0 Å². The topological polar surface area (TPSA) is 53.0 Å². The highest BCUT2D eigenvalue weighted by Gasteiger charge is 2.22. The summed E-state index contributed by atoms with van der Waals surface area (Å²) in [6, 6.07) is 2.95. The zero-order valence-electron chi connectivity index (χ0n) is 11.4. The van der Waals surface area contributed by atoms with Crippen LogP contribution in [-0.4, -0.2) is 29.6 Å². The van der Waals surface area contributed by atoms with Gasteiger partial charge in [0.15, 0.2) is 0 Å². The van der Waals surface area contributed by atoms with Crippen LogP contribution in [0.4, 0.5) is 0 Å². The van der Waals surface area contributed by atoms with Crippen molar-refractivity contribution >= 4 is 0 Å². The first-order valence-corrected chi connectivity index (χ1v) is 7.03. The van der Waals surface area contributed by atoms with Gasteiger partial charge in [-0.05, 0) is 52.1 Å². The number of nitrogens with zero attached hydrogens (tertiary/aromatic N) is 2. The molecule has 3 heteroatoms. The minimum atomic E-state index is -0.643. The summed E-state index contributed by atoms with van der Waals surface area (Å²) in [5.74, 6) is 0. The van der Waals surface area contributed by atoms with Gasteiger partial charge in [-0.25, -0.2) is 0 Å². The van der Waals surface area contributed by atoms with E-state index in [9.17, 15) is 0 Å². The molecule has 0 radical (unpaired) electrons. The zero-order chi connectivity index (χ0) is 12.7. The predicted octanol–water partition coefficient (Wildman–Crippen LogP) is 2.66. The van der Waals surface area contributed by atoms with Gasteiger partial charge in [0.05, 0.1) is 6.07 Å². The monoisotopic (exact) mass is 237 g/mol. The molecule has 0 aromatic heterocycles. The molecule has 3 nitrogen and oxygen atoms in total. The minimum Gasteiger partial charge on any atom is -0.314 e. The normalized spacial score (nSPS) is 25.2. The molecule has 17 heavy (non-hydrogen) atoms. The summed E-state index contributed by atoms with van der Waals surface area (Å²) in [5, 5.41) is 8.88. The van der Waals surface area contributed by atoms with E-state index in [0.717, 1.165) is 25.4 Å². The summed E-state index contributed by atoms with van der Waals surface area (Å²) in [5.41, 5.74) is 5.20. The summed E-state index contributed by atoms with van der Waals surface area (Å²) in [6.45, 7) is 6.43. The third kappa shape index (κ3) is 5.06. The molecule has 0 spiro atoms. The lowest BCUT2D eigenvalue weighted by Gasteiger charge is -2.36. The van der Waals surface area contributed by atoms with E-state index in [2.05, 4.69) is 17.9 Å². The molecule has 98 valence electrons. The maximum Gasteiger partial charge on any atom is 0.101 e. The van der Waals surface area contributed by atoms with Crippen molar-refractivity contribution in [2.75, 3.05) is 13.1 Å². The fourth-order valence-corrected chi connectivity index (χ4v) is 2.72. The lowest BCUT2D eigenvalue weighted by atomic mass is 9.96. The van der Waals surface area contributed by atoms with E-state index in [4.69, 9.17) is 11.0 Å². The van der Waals surface area contributed by atoms with Crippen LogP contribution in [0.2, 0.25) is 0 Å². The Morgan fingerprint density at radius 1 is 1.47 bits per heavy atom. The van der Waals surface area contributed by atoms with Crippen molar-refractivity contribution in [2.45, 2.75) is 70.4 Å². The molecule has 0 aromatic carbocycles. The molecule has 0 saturated carbocycles. The molecule has 0 aliphatic carbocycles. The molecule has 1 fully saturated rings. The molecule has 2 unspecified atom stereocenters. The maximum atomic E-state index is 8.88. The number of hydrogen-bond acceptors (Lipinski definition) is 3. The fraction of sp³-hybridized carbons (Fsp3) is 0.929.